The third-order valence-electron chi connectivity index (χ3n) is 6.02. The summed E-state index contributed by atoms with van der Waals surface area (Å²) in [7, 11) is 2.35. The molecule has 0 aliphatic rings. The Bertz CT molecular complexity index is 674. The monoisotopic (exact) mass is 375 g/mol. The molecule has 0 radical (unpaired) electrons. The summed E-state index contributed by atoms with van der Waals surface area (Å²) in [6.07, 6.45) is 1.02. The largest absolute Gasteiger partial charge is 1.00 e. The van der Waals surface area contributed by atoms with E-state index in [0.29, 0.717) is 17.8 Å². The van der Waals surface area contributed by atoms with Crippen LogP contribution in [0.4, 0.5) is 0 Å². The van der Waals surface area contributed by atoms with Crippen LogP contribution in [0, 0.1) is 6.92 Å². The topological polar surface area (TPSA) is 20.2 Å². The van der Waals surface area contributed by atoms with E-state index in [1.165, 1.54) is 11.1 Å². The fourth-order valence-electron chi connectivity index (χ4n) is 3.66. The van der Waals surface area contributed by atoms with Gasteiger partial charge in [-0.15, -0.1) is 0 Å². The molecule has 3 heteroatoms. The molecular weight excluding hydrogens is 342 g/mol. The van der Waals surface area contributed by atoms with Crippen molar-refractivity contribution in [2.75, 3.05) is 13.6 Å². The molecule has 1 atom stereocenters. The second kappa shape index (κ2) is 9.43. The smallest absolute Gasteiger partial charge is 0.119 e. The van der Waals surface area contributed by atoms with Crippen LogP contribution >= 0.6 is 0 Å². The number of rotatable bonds is 7. The lowest BCUT2D eigenvalue weighted by Gasteiger charge is -2.43. The Labute approximate surface area is 165 Å². The second-order valence-corrected chi connectivity index (χ2v) is 8.07. The van der Waals surface area contributed by atoms with Gasteiger partial charge in [-0.1, -0.05) is 48.0 Å². The molecule has 0 spiro atoms. The lowest BCUT2D eigenvalue weighted by atomic mass is 9.86. The minimum Gasteiger partial charge on any atom is -1.00 e. The highest BCUT2D eigenvalue weighted by atomic mass is 35.5. The Morgan fingerprint density at radius 2 is 1.50 bits per heavy atom. The Kier molecular flexibility index (Phi) is 8.17. The first-order valence-electron chi connectivity index (χ1n) is 9.45. The molecule has 0 saturated carbocycles. The molecule has 1 N–H and O–H groups in total. The van der Waals surface area contributed by atoms with Crippen LogP contribution in [0.15, 0.2) is 48.5 Å². The zero-order chi connectivity index (χ0) is 18.6. The number of nitrogens with zero attached hydrogens (tertiary/aromatic N) is 1. The molecule has 0 aromatic heterocycles. The van der Waals surface area contributed by atoms with Gasteiger partial charge in [0, 0.05) is 17.9 Å². The van der Waals surface area contributed by atoms with Crippen molar-refractivity contribution in [3.05, 3.63) is 65.2 Å². The highest BCUT2D eigenvalue weighted by molar-refractivity contribution is 5.43. The number of halogens is 1. The molecular formula is C23H34ClNO. The average molecular weight is 376 g/mol. The Morgan fingerprint density at radius 3 is 2.04 bits per heavy atom. The van der Waals surface area contributed by atoms with Crippen LogP contribution in [0.2, 0.25) is 0 Å². The fourth-order valence-corrected chi connectivity index (χ4v) is 3.66. The molecule has 2 aromatic rings. The molecule has 0 saturated heterocycles. The highest BCUT2D eigenvalue weighted by Crippen LogP contribution is 2.35. The SMILES string of the molecule is Cc1ccc(O)c([C@H](CC[N+](C)(C(C)C)C(C)C)c2ccccc2)c1.[Cl-]. The average Bonchev–Trinajstić information content (AvgIpc) is 2.58. The fraction of sp³-hybridized carbons (Fsp3) is 0.478. The van der Waals surface area contributed by atoms with E-state index in [1.807, 2.05) is 12.1 Å². The molecule has 26 heavy (non-hydrogen) atoms. The lowest BCUT2D eigenvalue weighted by Crippen LogP contribution is -3.00. The van der Waals surface area contributed by atoms with E-state index in [4.69, 9.17) is 0 Å². The maximum absolute atomic E-state index is 10.5. The van der Waals surface area contributed by atoms with Gasteiger partial charge in [0.1, 0.15) is 5.75 Å². The maximum Gasteiger partial charge on any atom is 0.119 e. The van der Waals surface area contributed by atoms with Gasteiger partial charge in [-0.05, 0) is 46.2 Å². The van der Waals surface area contributed by atoms with Gasteiger partial charge in [-0.3, -0.25) is 0 Å². The standard InChI is InChI=1S/C23H33NO.ClH/c1-17(2)24(6,18(3)4)15-14-21(20-10-8-7-9-11-20)22-16-19(5)12-13-23(22)25;/h7-13,16-18,21H,14-15H2,1-6H3;1H/t21-;/m1./s1. The van der Waals surface area contributed by atoms with Crippen LogP contribution in [0.5, 0.6) is 5.75 Å². The minimum atomic E-state index is 0. The summed E-state index contributed by atoms with van der Waals surface area (Å²) in [5.74, 6) is 0.624. The molecule has 0 bridgehead atoms. The maximum atomic E-state index is 10.5. The molecule has 0 aliphatic carbocycles. The van der Waals surface area contributed by atoms with Gasteiger partial charge in [0.05, 0.1) is 25.7 Å². The first-order valence-corrected chi connectivity index (χ1v) is 9.45. The van der Waals surface area contributed by atoms with Gasteiger partial charge in [0.15, 0.2) is 0 Å². The van der Waals surface area contributed by atoms with Crippen molar-refractivity contribution in [2.45, 2.75) is 59.0 Å². The van der Waals surface area contributed by atoms with E-state index in [-0.39, 0.29) is 18.3 Å². The molecule has 0 heterocycles. The molecule has 144 valence electrons. The van der Waals surface area contributed by atoms with Gasteiger partial charge in [-0.25, -0.2) is 0 Å². The van der Waals surface area contributed by atoms with Crippen molar-refractivity contribution >= 4 is 0 Å². The number of quaternary nitrogens is 1. The van der Waals surface area contributed by atoms with Crippen LogP contribution in [0.1, 0.15) is 56.7 Å². The molecule has 0 aliphatic heterocycles. The number of aryl methyl sites for hydroxylation is 1. The van der Waals surface area contributed by atoms with Crippen molar-refractivity contribution in [3.8, 4) is 5.75 Å². The van der Waals surface area contributed by atoms with Gasteiger partial charge in [0.25, 0.3) is 0 Å². The van der Waals surface area contributed by atoms with Crippen molar-refractivity contribution < 1.29 is 22.0 Å². The van der Waals surface area contributed by atoms with Gasteiger partial charge in [0.2, 0.25) is 0 Å². The quantitative estimate of drug-likeness (QED) is 0.737. The van der Waals surface area contributed by atoms with Crippen LogP contribution in [0.25, 0.3) is 0 Å². The summed E-state index contributed by atoms with van der Waals surface area (Å²) >= 11 is 0. The van der Waals surface area contributed by atoms with E-state index in [2.05, 4.69) is 78.1 Å². The number of benzene rings is 2. The Balaban J connectivity index is 0.00000338. The van der Waals surface area contributed by atoms with E-state index >= 15 is 0 Å². The summed E-state index contributed by atoms with van der Waals surface area (Å²) in [6, 6.07) is 17.7. The highest BCUT2D eigenvalue weighted by Gasteiger charge is 2.31. The molecule has 2 nitrogen and oxygen atoms in total. The first-order chi connectivity index (χ1) is 11.8. The summed E-state index contributed by atoms with van der Waals surface area (Å²) in [5.41, 5.74) is 3.52. The molecule has 0 fully saturated rings. The number of aromatic hydroxyl groups is 1. The summed E-state index contributed by atoms with van der Waals surface area (Å²) in [6.45, 7) is 12.4. The van der Waals surface area contributed by atoms with Crippen LogP contribution in [-0.2, 0) is 0 Å². The first kappa shape index (κ1) is 22.5. The van der Waals surface area contributed by atoms with Crippen molar-refractivity contribution in [1.29, 1.82) is 0 Å². The molecule has 0 unspecified atom stereocenters. The van der Waals surface area contributed by atoms with Crippen molar-refractivity contribution in [1.82, 2.24) is 0 Å². The summed E-state index contributed by atoms with van der Waals surface area (Å²) in [4.78, 5) is 0. The lowest BCUT2D eigenvalue weighted by molar-refractivity contribution is -0.949. The molecule has 2 rings (SSSR count). The van der Waals surface area contributed by atoms with Crippen molar-refractivity contribution in [2.24, 2.45) is 0 Å². The summed E-state index contributed by atoms with van der Waals surface area (Å²) < 4.78 is 1.04. The van der Waals surface area contributed by atoms with Gasteiger partial charge >= 0.3 is 0 Å². The van der Waals surface area contributed by atoms with Crippen LogP contribution in [-0.4, -0.2) is 35.3 Å². The van der Waals surface area contributed by atoms with Crippen LogP contribution < -0.4 is 12.4 Å². The zero-order valence-electron chi connectivity index (χ0n) is 17.0. The third kappa shape index (κ3) is 5.02. The van der Waals surface area contributed by atoms with E-state index in [1.54, 1.807) is 0 Å². The number of phenolic OH excluding ortho intramolecular Hbond substituents is 1. The van der Waals surface area contributed by atoms with Crippen LogP contribution in [0.3, 0.4) is 0 Å². The normalized spacial score (nSPS) is 12.9. The minimum absolute atomic E-state index is 0. The van der Waals surface area contributed by atoms with Crippen molar-refractivity contribution in [3.63, 3.8) is 0 Å². The number of phenols is 1. The predicted octanol–water partition coefficient (Wildman–Crippen LogP) is 2.49. The molecule has 2 aromatic carbocycles. The van der Waals surface area contributed by atoms with E-state index < -0.39 is 0 Å². The van der Waals surface area contributed by atoms with Gasteiger partial charge < -0.3 is 22.0 Å². The number of hydrogen-bond donors (Lipinski definition) is 1. The summed E-state index contributed by atoms with van der Waals surface area (Å²) in [5, 5.41) is 10.5. The molecule has 0 amide bonds. The zero-order valence-corrected chi connectivity index (χ0v) is 17.8. The number of hydrogen-bond acceptors (Lipinski definition) is 1. The Hall–Kier alpha value is -1.51. The predicted molar refractivity (Wildman–Crippen MR) is 107 cm³/mol. The Morgan fingerprint density at radius 1 is 0.923 bits per heavy atom. The van der Waals surface area contributed by atoms with E-state index in [0.717, 1.165) is 23.0 Å². The second-order valence-electron chi connectivity index (χ2n) is 8.07. The van der Waals surface area contributed by atoms with Gasteiger partial charge in [-0.2, -0.15) is 0 Å². The third-order valence-corrected chi connectivity index (χ3v) is 6.02. The van der Waals surface area contributed by atoms with E-state index in [9.17, 15) is 5.11 Å².